The van der Waals surface area contributed by atoms with Crippen molar-refractivity contribution in [3.63, 3.8) is 0 Å². The van der Waals surface area contributed by atoms with Gasteiger partial charge in [0.2, 0.25) is 11.8 Å². The fourth-order valence-corrected chi connectivity index (χ4v) is 3.96. The van der Waals surface area contributed by atoms with Gasteiger partial charge in [0.1, 0.15) is 6.04 Å². The molecule has 0 aromatic heterocycles. The van der Waals surface area contributed by atoms with Crippen molar-refractivity contribution in [2.75, 3.05) is 23.8 Å². The number of rotatable bonds is 5. The molecule has 1 heterocycles. The number of nitrogens with one attached hydrogen (secondary N) is 2. The molecule has 0 aliphatic carbocycles. The highest BCUT2D eigenvalue weighted by atomic mass is 32.2. The first-order chi connectivity index (χ1) is 8.34. The van der Waals surface area contributed by atoms with Crippen LogP contribution in [0, 0.1) is 5.92 Å². The van der Waals surface area contributed by atoms with Gasteiger partial charge in [-0.1, -0.05) is 0 Å². The second kappa shape index (κ2) is 6.42. The predicted molar refractivity (Wildman–Crippen MR) is 71.2 cm³/mol. The van der Waals surface area contributed by atoms with Crippen LogP contribution in [0.4, 0.5) is 0 Å². The van der Waals surface area contributed by atoms with Gasteiger partial charge in [0.05, 0.1) is 11.5 Å². The molecule has 1 aliphatic rings. The summed E-state index contributed by atoms with van der Waals surface area (Å²) in [5.41, 5.74) is 0. The first-order valence-corrected chi connectivity index (χ1v) is 8.15. The minimum atomic E-state index is -2.92. The Hall–Kier alpha value is -0.760. The smallest absolute Gasteiger partial charge is 0.243 e. The molecule has 1 rings (SSSR count). The van der Waals surface area contributed by atoms with Gasteiger partial charge in [0, 0.05) is 19.2 Å². The molecule has 18 heavy (non-hydrogen) atoms. The number of sulfone groups is 1. The third-order valence-electron chi connectivity index (χ3n) is 2.77. The summed E-state index contributed by atoms with van der Waals surface area (Å²) in [4.78, 5) is 22.6. The van der Waals surface area contributed by atoms with Crippen molar-refractivity contribution in [1.82, 2.24) is 10.6 Å². The van der Waals surface area contributed by atoms with Crippen LogP contribution in [0.2, 0.25) is 0 Å². The molecule has 2 atom stereocenters. The van der Waals surface area contributed by atoms with Gasteiger partial charge < -0.3 is 10.6 Å². The first kappa shape index (κ1) is 15.3. The summed E-state index contributed by atoms with van der Waals surface area (Å²) in [7, 11) is -2.92. The Kier molecular flexibility index (Phi) is 5.46. The number of thiol groups is 1. The average Bonchev–Trinajstić information content (AvgIpc) is 2.62. The van der Waals surface area contributed by atoms with E-state index in [2.05, 4.69) is 23.3 Å². The zero-order valence-electron chi connectivity index (χ0n) is 10.2. The molecule has 0 spiro atoms. The number of carbonyl (C=O) groups is 2. The summed E-state index contributed by atoms with van der Waals surface area (Å²) in [5.74, 6) is -0.142. The molecule has 6 nitrogen and oxygen atoms in total. The second-order valence-corrected chi connectivity index (χ2v) is 7.04. The van der Waals surface area contributed by atoms with Crippen LogP contribution in [0.5, 0.6) is 0 Å². The van der Waals surface area contributed by atoms with Crippen molar-refractivity contribution in [3.8, 4) is 0 Å². The monoisotopic (exact) mass is 294 g/mol. The minimum absolute atomic E-state index is 0.0307. The van der Waals surface area contributed by atoms with E-state index in [0.29, 0.717) is 13.0 Å². The van der Waals surface area contributed by atoms with E-state index in [0.717, 1.165) is 0 Å². The zero-order valence-corrected chi connectivity index (χ0v) is 11.9. The molecule has 0 saturated carbocycles. The molecule has 2 N–H and O–H groups in total. The van der Waals surface area contributed by atoms with Crippen LogP contribution < -0.4 is 10.6 Å². The number of hydrogen-bond acceptors (Lipinski definition) is 5. The van der Waals surface area contributed by atoms with Crippen molar-refractivity contribution in [2.24, 2.45) is 5.92 Å². The van der Waals surface area contributed by atoms with Crippen LogP contribution in [-0.4, -0.2) is 50.1 Å². The standard InChI is InChI=1S/C10H18N2O4S2/c1-7(13)12-9(5-17)10(14)11-4-8-2-3-18(15,16)6-8/h8-9,17H,2-6H2,1H3,(H,11,14)(H,12,13). The van der Waals surface area contributed by atoms with Gasteiger partial charge >= 0.3 is 0 Å². The summed E-state index contributed by atoms with van der Waals surface area (Å²) in [5, 5.41) is 5.13. The predicted octanol–water partition coefficient (Wildman–Crippen LogP) is -1.03. The van der Waals surface area contributed by atoms with E-state index >= 15 is 0 Å². The molecule has 1 fully saturated rings. The Labute approximate surface area is 112 Å². The van der Waals surface area contributed by atoms with Crippen LogP contribution in [0.15, 0.2) is 0 Å². The molecule has 0 aromatic carbocycles. The largest absolute Gasteiger partial charge is 0.354 e. The van der Waals surface area contributed by atoms with Gasteiger partial charge in [-0.15, -0.1) is 0 Å². The SMILES string of the molecule is CC(=O)NC(CS)C(=O)NCC1CCS(=O)(=O)C1. The van der Waals surface area contributed by atoms with Gasteiger partial charge in [-0.05, 0) is 12.3 Å². The van der Waals surface area contributed by atoms with Crippen molar-refractivity contribution < 1.29 is 18.0 Å². The topological polar surface area (TPSA) is 92.3 Å². The van der Waals surface area contributed by atoms with Crippen molar-refractivity contribution >= 4 is 34.3 Å². The molecule has 0 bridgehead atoms. The third-order valence-corrected chi connectivity index (χ3v) is 4.97. The van der Waals surface area contributed by atoms with E-state index < -0.39 is 15.9 Å². The lowest BCUT2D eigenvalue weighted by molar-refractivity contribution is -0.127. The van der Waals surface area contributed by atoms with Gasteiger partial charge in [0.15, 0.2) is 9.84 Å². The van der Waals surface area contributed by atoms with Crippen LogP contribution in [0.25, 0.3) is 0 Å². The maximum absolute atomic E-state index is 11.7. The first-order valence-electron chi connectivity index (χ1n) is 5.70. The highest BCUT2D eigenvalue weighted by Gasteiger charge is 2.28. The maximum Gasteiger partial charge on any atom is 0.243 e. The van der Waals surface area contributed by atoms with E-state index in [4.69, 9.17) is 0 Å². The van der Waals surface area contributed by atoms with Crippen LogP contribution >= 0.6 is 12.6 Å². The summed E-state index contributed by atoms with van der Waals surface area (Å²) >= 11 is 3.99. The van der Waals surface area contributed by atoms with E-state index in [1.807, 2.05) is 0 Å². The van der Waals surface area contributed by atoms with Crippen molar-refractivity contribution in [3.05, 3.63) is 0 Å². The van der Waals surface area contributed by atoms with Crippen molar-refractivity contribution in [1.29, 1.82) is 0 Å². The highest BCUT2D eigenvalue weighted by Crippen LogP contribution is 2.17. The van der Waals surface area contributed by atoms with Crippen molar-refractivity contribution in [2.45, 2.75) is 19.4 Å². The van der Waals surface area contributed by atoms with Crippen LogP contribution in [-0.2, 0) is 19.4 Å². The zero-order chi connectivity index (χ0) is 13.8. The lowest BCUT2D eigenvalue weighted by atomic mass is 10.1. The normalized spacial score (nSPS) is 23.3. The number of hydrogen-bond donors (Lipinski definition) is 3. The minimum Gasteiger partial charge on any atom is -0.354 e. The van der Waals surface area contributed by atoms with Gasteiger partial charge in [-0.25, -0.2) is 8.42 Å². The Bertz CT molecular complexity index is 422. The molecule has 0 aromatic rings. The quantitative estimate of drug-likeness (QED) is 0.566. The summed E-state index contributed by atoms with van der Waals surface area (Å²) < 4.78 is 22.5. The van der Waals surface area contributed by atoms with E-state index in [-0.39, 0.29) is 35.0 Å². The maximum atomic E-state index is 11.7. The van der Waals surface area contributed by atoms with E-state index in [9.17, 15) is 18.0 Å². The van der Waals surface area contributed by atoms with Crippen LogP contribution in [0.1, 0.15) is 13.3 Å². The lowest BCUT2D eigenvalue weighted by Gasteiger charge is -2.16. The van der Waals surface area contributed by atoms with Gasteiger partial charge in [0.25, 0.3) is 0 Å². The third kappa shape index (κ3) is 4.85. The van der Waals surface area contributed by atoms with Crippen LogP contribution in [0.3, 0.4) is 0 Å². The Morgan fingerprint density at radius 2 is 2.11 bits per heavy atom. The lowest BCUT2D eigenvalue weighted by Crippen LogP contribution is -2.48. The molecular weight excluding hydrogens is 276 g/mol. The number of amides is 2. The fourth-order valence-electron chi connectivity index (χ4n) is 1.84. The molecule has 104 valence electrons. The van der Waals surface area contributed by atoms with E-state index in [1.165, 1.54) is 6.92 Å². The highest BCUT2D eigenvalue weighted by molar-refractivity contribution is 7.91. The van der Waals surface area contributed by atoms with Gasteiger partial charge in [-0.2, -0.15) is 12.6 Å². The Morgan fingerprint density at radius 3 is 2.56 bits per heavy atom. The molecule has 2 unspecified atom stereocenters. The fraction of sp³-hybridized carbons (Fsp3) is 0.800. The average molecular weight is 294 g/mol. The Balaban J connectivity index is 2.38. The second-order valence-electron chi connectivity index (χ2n) is 4.45. The molecule has 1 saturated heterocycles. The Morgan fingerprint density at radius 1 is 1.44 bits per heavy atom. The van der Waals surface area contributed by atoms with E-state index in [1.54, 1.807) is 0 Å². The molecular formula is C10H18N2O4S2. The molecule has 0 radical (unpaired) electrons. The van der Waals surface area contributed by atoms with Gasteiger partial charge in [-0.3, -0.25) is 9.59 Å². The molecule has 8 heteroatoms. The summed E-state index contributed by atoms with van der Waals surface area (Å²) in [6, 6.07) is -0.677. The molecule has 2 amide bonds. The molecule has 1 aliphatic heterocycles. The summed E-state index contributed by atoms with van der Waals surface area (Å²) in [6.45, 7) is 1.65. The number of carbonyl (C=O) groups excluding carboxylic acids is 2. The summed E-state index contributed by atoms with van der Waals surface area (Å²) in [6.07, 6.45) is 0.578.